The molecule has 0 bridgehead atoms. The SMILES string of the molecule is CC(=O)c1ccc([Se]C(=O)c2ccccc2)cc1. The Bertz CT molecular complexity index is 559. The average molecular weight is 303 g/mol. The van der Waals surface area contributed by atoms with Crippen LogP contribution in [-0.4, -0.2) is 25.4 Å². The summed E-state index contributed by atoms with van der Waals surface area (Å²) in [5, 5.41) is 0. The summed E-state index contributed by atoms with van der Waals surface area (Å²) >= 11 is -0.239. The normalized spacial score (nSPS) is 10.1. The third-order valence-corrected chi connectivity index (χ3v) is 4.43. The van der Waals surface area contributed by atoms with Crippen LogP contribution in [0.5, 0.6) is 0 Å². The van der Waals surface area contributed by atoms with E-state index in [1.807, 2.05) is 42.5 Å². The van der Waals surface area contributed by atoms with Crippen LogP contribution >= 0.6 is 0 Å². The number of hydrogen-bond acceptors (Lipinski definition) is 2. The van der Waals surface area contributed by atoms with E-state index < -0.39 is 0 Å². The molecule has 0 radical (unpaired) electrons. The Labute approximate surface area is 112 Å². The minimum absolute atomic E-state index is 0.0448. The van der Waals surface area contributed by atoms with E-state index in [0.29, 0.717) is 5.56 Å². The van der Waals surface area contributed by atoms with Crippen LogP contribution in [0.3, 0.4) is 0 Å². The summed E-state index contributed by atoms with van der Waals surface area (Å²) in [7, 11) is 0. The summed E-state index contributed by atoms with van der Waals surface area (Å²) in [6, 6.07) is 16.5. The molecule has 0 saturated carbocycles. The van der Waals surface area contributed by atoms with Crippen LogP contribution in [0.1, 0.15) is 27.6 Å². The fourth-order valence-corrected chi connectivity index (χ4v) is 3.05. The molecule has 0 saturated heterocycles. The van der Waals surface area contributed by atoms with Gasteiger partial charge >= 0.3 is 112 Å². The van der Waals surface area contributed by atoms with Crippen LogP contribution < -0.4 is 4.46 Å². The number of rotatable bonds is 4. The van der Waals surface area contributed by atoms with Gasteiger partial charge in [0.1, 0.15) is 0 Å². The van der Waals surface area contributed by atoms with Crippen LogP contribution in [0.4, 0.5) is 0 Å². The molecule has 2 rings (SSSR count). The molecule has 2 nitrogen and oxygen atoms in total. The number of carbonyl (C=O) groups excluding carboxylic acids is 2. The van der Waals surface area contributed by atoms with Crippen LogP contribution in [0.15, 0.2) is 54.6 Å². The van der Waals surface area contributed by atoms with Crippen molar-refractivity contribution in [2.45, 2.75) is 6.92 Å². The first-order chi connectivity index (χ1) is 8.66. The number of Topliss-reactive ketones (excluding diaryl/α,β-unsaturated/α-hetero) is 1. The Kier molecular flexibility index (Phi) is 4.08. The summed E-state index contributed by atoms with van der Waals surface area (Å²) in [6.07, 6.45) is 0. The van der Waals surface area contributed by atoms with Gasteiger partial charge in [-0.05, 0) is 0 Å². The molecule has 2 aromatic rings. The van der Waals surface area contributed by atoms with Gasteiger partial charge in [-0.2, -0.15) is 0 Å². The molecule has 0 aliphatic carbocycles. The summed E-state index contributed by atoms with van der Waals surface area (Å²) < 4.78 is 1.14. The molecule has 0 aliphatic rings. The molecule has 18 heavy (non-hydrogen) atoms. The van der Waals surface area contributed by atoms with Gasteiger partial charge in [-0.15, -0.1) is 0 Å². The Balaban J connectivity index is 2.10. The number of carbonyl (C=O) groups is 2. The molecule has 0 spiro atoms. The second kappa shape index (κ2) is 5.76. The van der Waals surface area contributed by atoms with Gasteiger partial charge in [0.25, 0.3) is 0 Å². The van der Waals surface area contributed by atoms with Crippen LogP contribution in [-0.2, 0) is 0 Å². The molecule has 0 amide bonds. The fraction of sp³-hybridized carbons (Fsp3) is 0.0667. The van der Waals surface area contributed by atoms with Gasteiger partial charge < -0.3 is 0 Å². The van der Waals surface area contributed by atoms with Gasteiger partial charge in [0, 0.05) is 0 Å². The number of hydrogen-bond donors (Lipinski definition) is 0. The van der Waals surface area contributed by atoms with Crippen molar-refractivity contribution < 1.29 is 9.59 Å². The molecular weight excluding hydrogens is 291 g/mol. The topological polar surface area (TPSA) is 34.1 Å². The number of ketones is 1. The molecule has 90 valence electrons. The molecular formula is C15H12O2Se. The molecule has 0 aliphatic heterocycles. The Morgan fingerprint density at radius 1 is 0.833 bits per heavy atom. The zero-order valence-electron chi connectivity index (χ0n) is 9.92. The van der Waals surface area contributed by atoms with Crippen molar-refractivity contribution in [3.05, 3.63) is 65.7 Å². The van der Waals surface area contributed by atoms with E-state index in [9.17, 15) is 9.59 Å². The van der Waals surface area contributed by atoms with Crippen molar-refractivity contribution in [2.75, 3.05) is 0 Å². The Morgan fingerprint density at radius 2 is 1.44 bits per heavy atom. The van der Waals surface area contributed by atoms with Crippen molar-refractivity contribution in [1.29, 1.82) is 0 Å². The van der Waals surface area contributed by atoms with Crippen molar-refractivity contribution in [2.24, 2.45) is 0 Å². The second-order valence-corrected chi connectivity index (χ2v) is 6.03. The van der Waals surface area contributed by atoms with Crippen LogP contribution in [0, 0.1) is 0 Å². The molecule has 0 fully saturated rings. The zero-order valence-corrected chi connectivity index (χ0v) is 11.6. The molecule has 3 heteroatoms. The molecule has 0 N–H and O–H groups in total. The van der Waals surface area contributed by atoms with Crippen molar-refractivity contribution >= 4 is 29.9 Å². The van der Waals surface area contributed by atoms with Gasteiger partial charge in [0.2, 0.25) is 0 Å². The third-order valence-electron chi connectivity index (χ3n) is 2.48. The molecule has 0 unspecified atom stereocenters. The van der Waals surface area contributed by atoms with Crippen LogP contribution in [0.2, 0.25) is 0 Å². The van der Waals surface area contributed by atoms with Gasteiger partial charge in [-0.3, -0.25) is 0 Å². The quantitative estimate of drug-likeness (QED) is 0.640. The van der Waals surface area contributed by atoms with Gasteiger partial charge in [-0.25, -0.2) is 0 Å². The Morgan fingerprint density at radius 3 is 2.00 bits per heavy atom. The summed E-state index contributed by atoms with van der Waals surface area (Å²) in [5.41, 5.74) is 1.43. The summed E-state index contributed by atoms with van der Waals surface area (Å²) in [5.74, 6) is 0.0448. The van der Waals surface area contributed by atoms with E-state index in [0.717, 1.165) is 10.0 Å². The minimum atomic E-state index is -0.239. The maximum absolute atomic E-state index is 12.0. The van der Waals surface area contributed by atoms with Crippen molar-refractivity contribution in [3.8, 4) is 0 Å². The summed E-state index contributed by atoms with van der Waals surface area (Å²) in [6.45, 7) is 1.54. The molecule has 0 heterocycles. The van der Waals surface area contributed by atoms with E-state index in [4.69, 9.17) is 0 Å². The van der Waals surface area contributed by atoms with Crippen molar-refractivity contribution in [3.63, 3.8) is 0 Å². The van der Waals surface area contributed by atoms with Crippen LogP contribution in [0.25, 0.3) is 0 Å². The molecule has 2 aromatic carbocycles. The third kappa shape index (κ3) is 3.16. The second-order valence-electron chi connectivity index (χ2n) is 3.84. The monoisotopic (exact) mass is 304 g/mol. The maximum atomic E-state index is 12.0. The zero-order chi connectivity index (χ0) is 13.0. The molecule has 0 aromatic heterocycles. The first-order valence-corrected chi connectivity index (χ1v) is 7.26. The first kappa shape index (κ1) is 12.7. The van der Waals surface area contributed by atoms with E-state index in [1.54, 1.807) is 12.1 Å². The Hall–Kier alpha value is -1.70. The average Bonchev–Trinajstić information content (AvgIpc) is 2.40. The standard InChI is InChI=1S/C15H12O2Se/c1-11(16)12-7-9-14(10-8-12)18-15(17)13-5-3-2-4-6-13/h2-10H,1H3. The predicted molar refractivity (Wildman–Crippen MR) is 72.6 cm³/mol. The number of benzene rings is 2. The predicted octanol–water partition coefficient (Wildman–Crippen LogP) is 2.06. The van der Waals surface area contributed by atoms with Gasteiger partial charge in [-0.1, -0.05) is 0 Å². The molecule has 0 atom stereocenters. The van der Waals surface area contributed by atoms with Gasteiger partial charge in [0.05, 0.1) is 0 Å². The van der Waals surface area contributed by atoms with E-state index in [2.05, 4.69) is 0 Å². The van der Waals surface area contributed by atoms with E-state index in [1.165, 1.54) is 6.92 Å². The van der Waals surface area contributed by atoms with E-state index >= 15 is 0 Å². The summed E-state index contributed by atoms with van der Waals surface area (Å²) in [4.78, 5) is 23.1. The van der Waals surface area contributed by atoms with Gasteiger partial charge in [0.15, 0.2) is 0 Å². The van der Waals surface area contributed by atoms with E-state index in [-0.39, 0.29) is 25.4 Å². The fourth-order valence-electron chi connectivity index (χ4n) is 1.50. The first-order valence-electron chi connectivity index (χ1n) is 5.55. The van der Waals surface area contributed by atoms with Crippen molar-refractivity contribution in [1.82, 2.24) is 0 Å².